The normalized spacial score (nSPS) is 11.9. The van der Waals surface area contributed by atoms with Gasteiger partial charge in [0.2, 0.25) is 0 Å². The van der Waals surface area contributed by atoms with E-state index in [4.69, 9.17) is 21.4 Å². The minimum Gasteiger partial charge on any atom is -0.496 e. The fourth-order valence-corrected chi connectivity index (χ4v) is 1.71. The van der Waals surface area contributed by atoms with Crippen molar-refractivity contribution in [2.24, 2.45) is 0 Å². The number of Topliss-reactive ketones (excluding diaryl/α,β-unsaturated/α-hetero) is 1. The van der Waals surface area contributed by atoms with E-state index in [1.54, 1.807) is 12.1 Å². The number of ketones is 1. The van der Waals surface area contributed by atoms with E-state index in [0.29, 0.717) is 5.56 Å². The van der Waals surface area contributed by atoms with Crippen LogP contribution in [-0.4, -0.2) is 35.0 Å². The van der Waals surface area contributed by atoms with Crippen LogP contribution < -0.4 is 4.74 Å². The minimum atomic E-state index is -1.74. The van der Waals surface area contributed by atoms with Gasteiger partial charge in [-0.05, 0) is 11.6 Å². The molecule has 6 heteroatoms. The van der Waals surface area contributed by atoms with Crippen molar-refractivity contribution in [3.63, 3.8) is 0 Å². The molecule has 0 aliphatic carbocycles. The number of carbonyl (C=O) groups excluding carboxylic acids is 1. The Hall–Kier alpha value is -1.59. The van der Waals surface area contributed by atoms with Crippen molar-refractivity contribution in [1.82, 2.24) is 0 Å². The average molecular weight is 273 g/mol. The summed E-state index contributed by atoms with van der Waals surface area (Å²) in [5.41, 5.74) is 0.487. The fraction of sp³-hybridized carbons (Fsp3) is 0.333. The van der Waals surface area contributed by atoms with Crippen LogP contribution in [0.1, 0.15) is 17.2 Å². The Balaban J connectivity index is 3.24. The van der Waals surface area contributed by atoms with Crippen LogP contribution >= 0.6 is 11.6 Å². The molecule has 18 heavy (non-hydrogen) atoms. The number of carbonyl (C=O) groups is 2. The molecule has 98 valence electrons. The highest BCUT2D eigenvalue weighted by Crippen LogP contribution is 2.29. The molecule has 0 aliphatic heterocycles. The first-order valence-electron chi connectivity index (χ1n) is 5.15. The Morgan fingerprint density at radius 2 is 2.11 bits per heavy atom. The van der Waals surface area contributed by atoms with Gasteiger partial charge in [-0.1, -0.05) is 12.1 Å². The van der Waals surface area contributed by atoms with Gasteiger partial charge in [0.1, 0.15) is 5.75 Å². The van der Waals surface area contributed by atoms with Crippen LogP contribution in [0.2, 0.25) is 0 Å². The van der Waals surface area contributed by atoms with Gasteiger partial charge in [-0.15, -0.1) is 11.6 Å². The summed E-state index contributed by atoms with van der Waals surface area (Å²) in [6, 6.07) is 4.71. The van der Waals surface area contributed by atoms with Gasteiger partial charge in [-0.3, -0.25) is 4.79 Å². The van der Waals surface area contributed by atoms with Crippen LogP contribution in [0.3, 0.4) is 0 Å². The molecular weight excluding hydrogens is 260 g/mol. The largest absolute Gasteiger partial charge is 0.496 e. The molecule has 0 fully saturated rings. The lowest BCUT2D eigenvalue weighted by Crippen LogP contribution is -2.16. The molecule has 0 bridgehead atoms. The summed E-state index contributed by atoms with van der Waals surface area (Å²) in [5, 5.41) is 18.5. The standard InChI is InChI=1S/C12H13ClO5/c1-18-9-4-2-3-7(5-8(14)6-13)10(9)11(15)12(16)17/h2-4,11,15H,5-6H2,1H3,(H,16,17). The van der Waals surface area contributed by atoms with Gasteiger partial charge in [0.15, 0.2) is 11.9 Å². The molecule has 5 nitrogen and oxygen atoms in total. The lowest BCUT2D eigenvalue weighted by Gasteiger charge is -2.15. The minimum absolute atomic E-state index is 0.0413. The van der Waals surface area contributed by atoms with E-state index in [2.05, 4.69) is 0 Å². The summed E-state index contributed by atoms with van der Waals surface area (Å²) < 4.78 is 5.00. The second-order valence-electron chi connectivity index (χ2n) is 3.62. The SMILES string of the molecule is COc1cccc(CC(=O)CCl)c1C(O)C(=O)O. The van der Waals surface area contributed by atoms with E-state index in [1.807, 2.05) is 0 Å². The lowest BCUT2D eigenvalue weighted by molar-refractivity contribution is -0.147. The number of hydrogen-bond donors (Lipinski definition) is 2. The van der Waals surface area contributed by atoms with Crippen LogP contribution in [0.4, 0.5) is 0 Å². The number of alkyl halides is 1. The summed E-state index contributed by atoms with van der Waals surface area (Å²) in [6.07, 6.45) is -1.78. The summed E-state index contributed by atoms with van der Waals surface area (Å²) >= 11 is 5.41. The van der Waals surface area contributed by atoms with E-state index in [-0.39, 0.29) is 29.4 Å². The number of halogens is 1. The monoisotopic (exact) mass is 272 g/mol. The molecule has 2 N–H and O–H groups in total. The zero-order valence-corrected chi connectivity index (χ0v) is 10.5. The number of aliphatic carboxylic acids is 1. The molecule has 1 aromatic rings. The highest BCUT2D eigenvalue weighted by Gasteiger charge is 2.24. The fourth-order valence-electron chi connectivity index (χ4n) is 1.62. The van der Waals surface area contributed by atoms with Crippen LogP contribution in [0.5, 0.6) is 5.75 Å². The zero-order chi connectivity index (χ0) is 13.7. The van der Waals surface area contributed by atoms with Gasteiger partial charge in [0, 0.05) is 12.0 Å². The second-order valence-corrected chi connectivity index (χ2v) is 3.89. The predicted octanol–water partition coefficient (Wildman–Crippen LogP) is 1.16. The summed E-state index contributed by atoms with van der Waals surface area (Å²) in [6.45, 7) is 0. The number of ether oxygens (including phenoxy) is 1. The van der Waals surface area contributed by atoms with Crippen molar-refractivity contribution in [3.05, 3.63) is 29.3 Å². The van der Waals surface area contributed by atoms with E-state index < -0.39 is 12.1 Å². The lowest BCUT2D eigenvalue weighted by atomic mass is 9.97. The van der Waals surface area contributed by atoms with Crippen LogP contribution in [0, 0.1) is 0 Å². The molecule has 0 heterocycles. The first-order chi connectivity index (χ1) is 8.51. The zero-order valence-electron chi connectivity index (χ0n) is 9.72. The van der Waals surface area contributed by atoms with E-state index in [1.165, 1.54) is 13.2 Å². The number of aliphatic hydroxyl groups is 1. The molecule has 0 radical (unpaired) electrons. The third-order valence-corrected chi connectivity index (χ3v) is 2.72. The number of rotatable bonds is 6. The second kappa shape index (κ2) is 6.37. The number of carboxylic acid groups (broad SMARTS) is 1. The summed E-state index contributed by atoms with van der Waals surface area (Å²) in [7, 11) is 1.36. The molecule has 0 saturated carbocycles. The Kier molecular flexibility index (Phi) is 5.12. The van der Waals surface area contributed by atoms with Crippen molar-refractivity contribution in [1.29, 1.82) is 0 Å². The number of carboxylic acids is 1. The molecule has 0 aromatic heterocycles. The molecule has 1 unspecified atom stereocenters. The first kappa shape index (κ1) is 14.5. The maximum Gasteiger partial charge on any atom is 0.337 e. The van der Waals surface area contributed by atoms with Gasteiger partial charge in [-0.2, -0.15) is 0 Å². The molecule has 0 aliphatic rings. The number of methoxy groups -OCH3 is 1. The van der Waals surface area contributed by atoms with Gasteiger partial charge in [-0.25, -0.2) is 4.79 Å². The molecule has 1 rings (SSSR count). The third kappa shape index (κ3) is 3.21. The molecule has 0 amide bonds. The quantitative estimate of drug-likeness (QED) is 0.759. The van der Waals surface area contributed by atoms with Gasteiger partial charge in [0.25, 0.3) is 0 Å². The molecular formula is C12H13ClO5. The number of benzene rings is 1. The summed E-state index contributed by atoms with van der Waals surface area (Å²) in [4.78, 5) is 22.2. The molecule has 0 spiro atoms. The van der Waals surface area contributed by atoms with Crippen LogP contribution in [0.25, 0.3) is 0 Å². The maximum atomic E-state index is 11.3. The topological polar surface area (TPSA) is 83.8 Å². The van der Waals surface area contributed by atoms with Crippen molar-refractivity contribution >= 4 is 23.4 Å². The Bertz CT molecular complexity index is 458. The number of aliphatic hydroxyl groups excluding tert-OH is 1. The Labute approximate surface area is 109 Å². The van der Waals surface area contributed by atoms with Crippen molar-refractivity contribution in [3.8, 4) is 5.75 Å². The Morgan fingerprint density at radius 1 is 1.44 bits per heavy atom. The summed E-state index contributed by atoms with van der Waals surface area (Å²) in [5.74, 6) is -1.60. The highest BCUT2D eigenvalue weighted by atomic mass is 35.5. The van der Waals surface area contributed by atoms with E-state index >= 15 is 0 Å². The Morgan fingerprint density at radius 3 is 2.61 bits per heavy atom. The smallest absolute Gasteiger partial charge is 0.337 e. The third-order valence-electron chi connectivity index (χ3n) is 2.42. The van der Waals surface area contributed by atoms with Crippen molar-refractivity contribution in [2.75, 3.05) is 13.0 Å². The van der Waals surface area contributed by atoms with Gasteiger partial charge < -0.3 is 14.9 Å². The van der Waals surface area contributed by atoms with E-state index in [0.717, 1.165) is 0 Å². The van der Waals surface area contributed by atoms with Gasteiger partial charge >= 0.3 is 5.97 Å². The van der Waals surface area contributed by atoms with Crippen molar-refractivity contribution in [2.45, 2.75) is 12.5 Å². The number of hydrogen-bond acceptors (Lipinski definition) is 4. The molecule has 1 aromatic carbocycles. The maximum absolute atomic E-state index is 11.3. The van der Waals surface area contributed by atoms with Crippen molar-refractivity contribution < 1.29 is 24.5 Å². The first-order valence-corrected chi connectivity index (χ1v) is 5.69. The van der Waals surface area contributed by atoms with Crippen LogP contribution in [-0.2, 0) is 16.0 Å². The average Bonchev–Trinajstić information content (AvgIpc) is 2.37. The van der Waals surface area contributed by atoms with Crippen LogP contribution in [0.15, 0.2) is 18.2 Å². The molecule has 1 atom stereocenters. The molecule has 0 saturated heterocycles. The van der Waals surface area contributed by atoms with E-state index in [9.17, 15) is 14.7 Å². The highest BCUT2D eigenvalue weighted by molar-refractivity contribution is 6.27. The van der Waals surface area contributed by atoms with Gasteiger partial charge in [0.05, 0.1) is 13.0 Å². The predicted molar refractivity (Wildman–Crippen MR) is 65.0 cm³/mol.